The van der Waals surface area contributed by atoms with Crippen molar-refractivity contribution in [2.75, 3.05) is 0 Å². The summed E-state index contributed by atoms with van der Waals surface area (Å²) in [5.41, 5.74) is 0.931. The molecule has 1 atom stereocenters. The van der Waals surface area contributed by atoms with E-state index in [9.17, 15) is 8.78 Å². The van der Waals surface area contributed by atoms with Crippen LogP contribution in [0.4, 0.5) is 8.78 Å². The normalized spacial score (nSPS) is 15.5. The van der Waals surface area contributed by atoms with E-state index >= 15 is 0 Å². The van der Waals surface area contributed by atoms with Crippen molar-refractivity contribution < 1.29 is 8.78 Å². The minimum atomic E-state index is -2.49. The van der Waals surface area contributed by atoms with Gasteiger partial charge >= 0.3 is 0 Å². The third-order valence-corrected chi connectivity index (χ3v) is 3.12. The Morgan fingerprint density at radius 1 is 1.21 bits per heavy atom. The van der Waals surface area contributed by atoms with E-state index in [1.807, 2.05) is 19.9 Å². The smallest absolute Gasteiger partial charge is 0.255 e. The Morgan fingerprint density at radius 2 is 1.89 bits per heavy atom. The molecule has 0 aromatic carbocycles. The lowest BCUT2D eigenvalue weighted by Crippen LogP contribution is -2.02. The first kappa shape index (κ1) is 18.0. The van der Waals surface area contributed by atoms with Gasteiger partial charge in [-0.25, -0.2) is 8.78 Å². The summed E-state index contributed by atoms with van der Waals surface area (Å²) in [6, 6.07) is 0. The molecule has 0 aromatic rings. The highest BCUT2D eigenvalue weighted by molar-refractivity contribution is 5.79. The quantitative estimate of drug-likeness (QED) is 0.471. The average Bonchev–Trinajstić information content (AvgIpc) is 2.39. The fourth-order valence-electron chi connectivity index (χ4n) is 1.80. The molecule has 0 aliphatic heterocycles. The molecule has 110 valence electrons. The number of unbranched alkanes of at least 4 members (excludes halogenated alkanes) is 2. The molecule has 0 spiro atoms. The van der Waals surface area contributed by atoms with Crippen LogP contribution in [0.5, 0.6) is 0 Å². The van der Waals surface area contributed by atoms with Crippen LogP contribution in [0.25, 0.3) is 0 Å². The van der Waals surface area contributed by atoms with E-state index < -0.39 is 6.43 Å². The average molecular weight is 271 g/mol. The van der Waals surface area contributed by atoms with Crippen LogP contribution in [-0.4, -0.2) is 12.6 Å². The molecule has 0 bridgehead atoms. The second-order valence-electron chi connectivity index (χ2n) is 4.81. The third kappa shape index (κ3) is 7.91. The maximum Gasteiger partial charge on any atom is 0.280 e. The van der Waals surface area contributed by atoms with Crippen molar-refractivity contribution in [2.24, 2.45) is 10.9 Å². The highest BCUT2D eigenvalue weighted by atomic mass is 19.3. The van der Waals surface area contributed by atoms with Gasteiger partial charge in [-0.05, 0) is 31.3 Å². The van der Waals surface area contributed by atoms with Crippen molar-refractivity contribution in [3.8, 4) is 0 Å². The molecule has 19 heavy (non-hydrogen) atoms. The molecule has 0 N–H and O–H groups in total. The molecule has 0 aliphatic rings. The summed E-state index contributed by atoms with van der Waals surface area (Å²) in [5.74, 6) is 0.374. The summed E-state index contributed by atoms with van der Waals surface area (Å²) < 4.78 is 25.6. The molecule has 0 saturated carbocycles. The van der Waals surface area contributed by atoms with Gasteiger partial charge in [0.05, 0.1) is 0 Å². The molecule has 3 heteroatoms. The number of hydrogen-bond donors (Lipinski definition) is 0. The highest BCUT2D eigenvalue weighted by Crippen LogP contribution is 2.18. The number of alkyl halides is 2. The zero-order chi connectivity index (χ0) is 14.7. The Bertz CT molecular complexity index is 317. The van der Waals surface area contributed by atoms with Crippen LogP contribution < -0.4 is 0 Å². The SMILES string of the molecule is C\C=C(/C=N\C(=C\CCC)C(F)F)[C@@H](C)CCCC. The van der Waals surface area contributed by atoms with E-state index in [0.717, 1.165) is 31.3 Å². The topological polar surface area (TPSA) is 12.4 Å². The van der Waals surface area contributed by atoms with Crippen LogP contribution in [0, 0.1) is 5.92 Å². The molecule has 0 aliphatic carbocycles. The summed E-state index contributed by atoms with van der Waals surface area (Å²) in [4.78, 5) is 3.98. The van der Waals surface area contributed by atoms with Crippen LogP contribution in [0.1, 0.15) is 59.8 Å². The van der Waals surface area contributed by atoms with Crippen LogP contribution in [0.15, 0.2) is 28.4 Å². The first-order valence-corrected chi connectivity index (χ1v) is 7.25. The molecular weight excluding hydrogens is 244 g/mol. The van der Waals surface area contributed by atoms with Gasteiger partial charge in [-0.15, -0.1) is 0 Å². The maximum absolute atomic E-state index is 12.8. The number of aliphatic imine (C=N–C) groups is 1. The molecule has 0 unspecified atom stereocenters. The first-order chi connectivity index (χ1) is 9.06. The molecule has 0 saturated heterocycles. The summed E-state index contributed by atoms with van der Waals surface area (Å²) in [5, 5.41) is 0. The maximum atomic E-state index is 12.8. The van der Waals surface area contributed by atoms with Crippen molar-refractivity contribution in [3.63, 3.8) is 0 Å². The van der Waals surface area contributed by atoms with Gasteiger partial charge in [0.15, 0.2) is 0 Å². The van der Waals surface area contributed by atoms with E-state index in [0.29, 0.717) is 12.3 Å². The first-order valence-electron chi connectivity index (χ1n) is 7.25. The third-order valence-electron chi connectivity index (χ3n) is 3.12. The van der Waals surface area contributed by atoms with Crippen molar-refractivity contribution >= 4 is 6.21 Å². The van der Waals surface area contributed by atoms with Gasteiger partial charge in [-0.1, -0.05) is 52.2 Å². The number of nitrogens with zero attached hydrogens (tertiary/aromatic N) is 1. The Morgan fingerprint density at radius 3 is 2.37 bits per heavy atom. The number of allylic oxidation sites excluding steroid dienone is 4. The van der Waals surface area contributed by atoms with Crippen LogP contribution in [0.3, 0.4) is 0 Å². The minimum Gasteiger partial charge on any atom is -0.255 e. The lowest BCUT2D eigenvalue weighted by Gasteiger charge is -2.11. The van der Waals surface area contributed by atoms with Crippen molar-refractivity contribution in [2.45, 2.75) is 66.2 Å². The zero-order valence-electron chi connectivity index (χ0n) is 12.6. The standard InChI is InChI=1S/C16H27F2N/c1-5-8-10-13(4)14(7-3)12-19-15(16(17)18)11-9-6-2/h7,11-13,16H,5-6,8-10H2,1-4H3/b14-7+,15-11+,19-12-/t13-/m0/s1. The predicted molar refractivity (Wildman–Crippen MR) is 79.9 cm³/mol. The van der Waals surface area contributed by atoms with E-state index in [4.69, 9.17) is 0 Å². The van der Waals surface area contributed by atoms with E-state index in [1.165, 1.54) is 6.08 Å². The van der Waals surface area contributed by atoms with E-state index in [1.54, 1.807) is 6.21 Å². The summed E-state index contributed by atoms with van der Waals surface area (Å²) in [7, 11) is 0. The summed E-state index contributed by atoms with van der Waals surface area (Å²) >= 11 is 0. The van der Waals surface area contributed by atoms with Gasteiger partial charge in [0.25, 0.3) is 6.43 Å². The largest absolute Gasteiger partial charge is 0.280 e. The fourth-order valence-corrected chi connectivity index (χ4v) is 1.80. The van der Waals surface area contributed by atoms with Crippen molar-refractivity contribution in [1.29, 1.82) is 0 Å². The Labute approximate surface area is 116 Å². The van der Waals surface area contributed by atoms with E-state index in [-0.39, 0.29) is 5.70 Å². The highest BCUT2D eigenvalue weighted by Gasteiger charge is 2.10. The van der Waals surface area contributed by atoms with Crippen LogP contribution in [-0.2, 0) is 0 Å². The predicted octanol–water partition coefficient (Wildman–Crippen LogP) is 5.78. The summed E-state index contributed by atoms with van der Waals surface area (Å²) in [6.07, 6.45) is 7.49. The summed E-state index contributed by atoms with van der Waals surface area (Å²) in [6.45, 7) is 8.17. The lowest BCUT2D eigenvalue weighted by atomic mass is 9.96. The molecule has 0 rings (SSSR count). The van der Waals surface area contributed by atoms with Crippen molar-refractivity contribution in [3.05, 3.63) is 23.4 Å². The van der Waals surface area contributed by atoms with Gasteiger partial charge < -0.3 is 0 Å². The zero-order valence-corrected chi connectivity index (χ0v) is 12.6. The molecule has 0 amide bonds. The van der Waals surface area contributed by atoms with Gasteiger partial charge in [-0.2, -0.15) is 0 Å². The van der Waals surface area contributed by atoms with Crippen LogP contribution in [0.2, 0.25) is 0 Å². The van der Waals surface area contributed by atoms with Gasteiger partial charge in [-0.3, -0.25) is 4.99 Å². The molecular formula is C16H27F2N. The molecule has 0 aromatic heterocycles. The monoisotopic (exact) mass is 271 g/mol. The number of hydrogen-bond acceptors (Lipinski definition) is 1. The van der Waals surface area contributed by atoms with Gasteiger partial charge in [0, 0.05) is 6.21 Å². The Balaban J connectivity index is 4.70. The van der Waals surface area contributed by atoms with Gasteiger partial charge in [0.2, 0.25) is 0 Å². The second-order valence-corrected chi connectivity index (χ2v) is 4.81. The Hall–Kier alpha value is -0.990. The molecule has 0 heterocycles. The molecule has 0 fully saturated rings. The van der Waals surface area contributed by atoms with E-state index in [2.05, 4.69) is 18.8 Å². The second kappa shape index (κ2) is 10.9. The van der Waals surface area contributed by atoms with Gasteiger partial charge in [0.1, 0.15) is 5.70 Å². The van der Waals surface area contributed by atoms with Crippen LogP contribution >= 0.6 is 0 Å². The van der Waals surface area contributed by atoms with Crippen molar-refractivity contribution in [1.82, 2.24) is 0 Å². The Kier molecular flexibility index (Phi) is 10.3. The minimum absolute atomic E-state index is 0.108. The number of rotatable bonds is 9. The molecule has 1 nitrogen and oxygen atoms in total. The molecule has 0 radical (unpaired) electrons. The number of halogens is 2. The lowest BCUT2D eigenvalue weighted by molar-refractivity contribution is 0.188. The fraction of sp³-hybridized carbons (Fsp3) is 0.688.